The van der Waals surface area contributed by atoms with Gasteiger partial charge in [0.1, 0.15) is 12.4 Å². The lowest BCUT2D eigenvalue weighted by Crippen LogP contribution is -2.28. The number of nitrogens with one attached hydrogen (secondary N) is 1. The van der Waals surface area contributed by atoms with Crippen molar-refractivity contribution in [1.82, 2.24) is 5.32 Å². The van der Waals surface area contributed by atoms with Crippen LogP contribution < -0.4 is 10.1 Å². The van der Waals surface area contributed by atoms with E-state index < -0.39 is 0 Å². The van der Waals surface area contributed by atoms with Gasteiger partial charge in [0.15, 0.2) is 0 Å². The molecule has 0 aliphatic carbocycles. The molecule has 0 atom stereocenters. The SMILES string of the molecule is CC(C)(C)c1ccc(CCC(=O)NCCOc2ccc3ccccc3c2)cc1. The van der Waals surface area contributed by atoms with Crippen molar-refractivity contribution in [2.75, 3.05) is 13.2 Å². The van der Waals surface area contributed by atoms with Gasteiger partial charge in [0.25, 0.3) is 0 Å². The topological polar surface area (TPSA) is 38.3 Å². The average Bonchev–Trinajstić information content (AvgIpc) is 2.69. The van der Waals surface area contributed by atoms with E-state index in [0.29, 0.717) is 19.6 Å². The Morgan fingerprint density at radius 2 is 1.64 bits per heavy atom. The first-order valence-electron chi connectivity index (χ1n) is 9.89. The van der Waals surface area contributed by atoms with Crippen molar-refractivity contribution in [3.8, 4) is 5.75 Å². The molecule has 3 aromatic carbocycles. The van der Waals surface area contributed by atoms with Crippen molar-refractivity contribution in [3.63, 3.8) is 0 Å². The summed E-state index contributed by atoms with van der Waals surface area (Å²) in [7, 11) is 0. The number of aryl methyl sites for hydroxylation is 1. The Morgan fingerprint density at radius 3 is 2.36 bits per heavy atom. The van der Waals surface area contributed by atoms with Gasteiger partial charge in [0.05, 0.1) is 6.54 Å². The fourth-order valence-corrected chi connectivity index (χ4v) is 3.13. The first kappa shape index (κ1) is 19.9. The van der Waals surface area contributed by atoms with E-state index in [1.165, 1.54) is 16.5 Å². The number of fused-ring (bicyclic) bond motifs is 1. The predicted molar refractivity (Wildman–Crippen MR) is 116 cm³/mol. The molecule has 0 aliphatic rings. The third-order valence-electron chi connectivity index (χ3n) is 4.87. The number of hydrogen-bond donors (Lipinski definition) is 1. The third-order valence-corrected chi connectivity index (χ3v) is 4.87. The van der Waals surface area contributed by atoms with E-state index in [0.717, 1.165) is 17.6 Å². The summed E-state index contributed by atoms with van der Waals surface area (Å²) in [4.78, 5) is 12.1. The van der Waals surface area contributed by atoms with Crippen molar-refractivity contribution in [3.05, 3.63) is 77.9 Å². The van der Waals surface area contributed by atoms with Crippen molar-refractivity contribution >= 4 is 16.7 Å². The Kier molecular flexibility index (Phi) is 6.35. The van der Waals surface area contributed by atoms with E-state index in [1.54, 1.807) is 0 Å². The van der Waals surface area contributed by atoms with Crippen LogP contribution in [-0.4, -0.2) is 19.1 Å². The van der Waals surface area contributed by atoms with Crippen LogP contribution in [0, 0.1) is 0 Å². The Labute approximate surface area is 167 Å². The van der Waals surface area contributed by atoms with Crippen molar-refractivity contribution in [2.24, 2.45) is 0 Å². The second kappa shape index (κ2) is 8.92. The van der Waals surface area contributed by atoms with Gasteiger partial charge in [-0.3, -0.25) is 4.79 Å². The molecule has 1 amide bonds. The van der Waals surface area contributed by atoms with Crippen LogP contribution in [0.1, 0.15) is 38.3 Å². The zero-order valence-corrected chi connectivity index (χ0v) is 17.0. The first-order valence-corrected chi connectivity index (χ1v) is 9.89. The molecule has 3 nitrogen and oxygen atoms in total. The summed E-state index contributed by atoms with van der Waals surface area (Å²) in [5, 5.41) is 5.28. The smallest absolute Gasteiger partial charge is 0.220 e. The van der Waals surface area contributed by atoms with E-state index in [9.17, 15) is 4.79 Å². The minimum Gasteiger partial charge on any atom is -0.492 e. The molecule has 3 aromatic rings. The normalized spacial score (nSPS) is 11.4. The second-order valence-corrected chi connectivity index (χ2v) is 8.15. The molecule has 0 spiro atoms. The molecule has 0 fully saturated rings. The van der Waals surface area contributed by atoms with E-state index in [1.807, 2.05) is 30.3 Å². The molecule has 0 bridgehead atoms. The van der Waals surface area contributed by atoms with Crippen molar-refractivity contribution < 1.29 is 9.53 Å². The molecule has 0 aromatic heterocycles. The Bertz CT molecular complexity index is 923. The number of carbonyl (C=O) groups is 1. The number of ether oxygens (including phenoxy) is 1. The van der Waals surface area contributed by atoms with Gasteiger partial charge in [-0.1, -0.05) is 75.4 Å². The molecule has 3 rings (SSSR count). The monoisotopic (exact) mass is 375 g/mol. The van der Waals surface area contributed by atoms with E-state index in [-0.39, 0.29) is 11.3 Å². The number of hydrogen-bond acceptors (Lipinski definition) is 2. The van der Waals surface area contributed by atoms with Crippen LogP contribution in [0.2, 0.25) is 0 Å². The number of carbonyl (C=O) groups excluding carboxylic acids is 1. The van der Waals surface area contributed by atoms with Gasteiger partial charge in [0.2, 0.25) is 5.91 Å². The molecule has 28 heavy (non-hydrogen) atoms. The lowest BCUT2D eigenvalue weighted by atomic mass is 9.86. The summed E-state index contributed by atoms with van der Waals surface area (Å²) in [6, 6.07) is 22.8. The van der Waals surface area contributed by atoms with Crippen molar-refractivity contribution in [2.45, 2.75) is 39.0 Å². The molecule has 0 heterocycles. The molecule has 0 aliphatic heterocycles. The Balaban J connectivity index is 1.38. The third kappa shape index (κ3) is 5.59. The minimum atomic E-state index is 0.0574. The number of rotatable bonds is 7. The van der Waals surface area contributed by atoms with Gasteiger partial charge < -0.3 is 10.1 Å². The van der Waals surface area contributed by atoms with Gasteiger partial charge in [-0.25, -0.2) is 0 Å². The highest BCUT2D eigenvalue weighted by Crippen LogP contribution is 2.22. The standard InChI is InChI=1S/C25H29NO2/c1-25(2,3)22-12-8-19(9-13-22)10-15-24(27)26-16-17-28-23-14-11-20-6-4-5-7-21(20)18-23/h4-9,11-14,18H,10,15-17H2,1-3H3,(H,26,27). The molecular formula is C25H29NO2. The highest BCUT2D eigenvalue weighted by Gasteiger charge is 2.13. The molecule has 1 N–H and O–H groups in total. The van der Waals surface area contributed by atoms with Gasteiger partial charge in [0, 0.05) is 6.42 Å². The van der Waals surface area contributed by atoms with E-state index in [4.69, 9.17) is 4.74 Å². The van der Waals surface area contributed by atoms with E-state index >= 15 is 0 Å². The van der Waals surface area contributed by atoms with Crippen LogP contribution in [0.15, 0.2) is 66.7 Å². The zero-order valence-electron chi connectivity index (χ0n) is 17.0. The molecule has 0 unspecified atom stereocenters. The molecule has 0 saturated carbocycles. The number of benzene rings is 3. The maximum absolute atomic E-state index is 12.1. The van der Waals surface area contributed by atoms with Gasteiger partial charge in [-0.15, -0.1) is 0 Å². The maximum Gasteiger partial charge on any atom is 0.220 e. The minimum absolute atomic E-state index is 0.0574. The fraction of sp³-hybridized carbons (Fsp3) is 0.320. The summed E-state index contributed by atoms with van der Waals surface area (Å²) < 4.78 is 5.76. The quantitative estimate of drug-likeness (QED) is 0.572. The van der Waals surface area contributed by atoms with Crippen LogP contribution in [0.5, 0.6) is 5.75 Å². The van der Waals surface area contributed by atoms with E-state index in [2.05, 4.69) is 62.5 Å². The van der Waals surface area contributed by atoms with Crippen LogP contribution in [0.25, 0.3) is 10.8 Å². The lowest BCUT2D eigenvalue weighted by molar-refractivity contribution is -0.121. The lowest BCUT2D eigenvalue weighted by Gasteiger charge is -2.19. The summed E-state index contributed by atoms with van der Waals surface area (Å²) in [6.07, 6.45) is 1.24. The van der Waals surface area contributed by atoms with Crippen LogP contribution in [-0.2, 0) is 16.6 Å². The summed E-state index contributed by atoms with van der Waals surface area (Å²) in [6.45, 7) is 7.58. The Hall–Kier alpha value is -2.81. The van der Waals surface area contributed by atoms with Gasteiger partial charge in [-0.05, 0) is 45.9 Å². The van der Waals surface area contributed by atoms with Gasteiger partial charge >= 0.3 is 0 Å². The highest BCUT2D eigenvalue weighted by molar-refractivity contribution is 5.83. The zero-order chi connectivity index (χ0) is 20.0. The molecule has 3 heteroatoms. The fourth-order valence-electron chi connectivity index (χ4n) is 3.13. The van der Waals surface area contributed by atoms with Crippen LogP contribution in [0.4, 0.5) is 0 Å². The summed E-state index contributed by atoms with van der Waals surface area (Å²) in [5.41, 5.74) is 2.66. The summed E-state index contributed by atoms with van der Waals surface area (Å²) in [5.74, 6) is 0.883. The maximum atomic E-state index is 12.1. The van der Waals surface area contributed by atoms with Crippen LogP contribution >= 0.6 is 0 Å². The highest BCUT2D eigenvalue weighted by atomic mass is 16.5. The largest absolute Gasteiger partial charge is 0.492 e. The summed E-state index contributed by atoms with van der Waals surface area (Å²) >= 11 is 0. The molecular weight excluding hydrogens is 346 g/mol. The van der Waals surface area contributed by atoms with Crippen LogP contribution in [0.3, 0.4) is 0 Å². The molecule has 146 valence electrons. The Morgan fingerprint density at radius 1 is 0.929 bits per heavy atom. The number of amides is 1. The van der Waals surface area contributed by atoms with Gasteiger partial charge in [-0.2, -0.15) is 0 Å². The molecule has 0 radical (unpaired) electrons. The average molecular weight is 376 g/mol. The van der Waals surface area contributed by atoms with Crippen molar-refractivity contribution in [1.29, 1.82) is 0 Å². The molecule has 0 saturated heterocycles. The second-order valence-electron chi connectivity index (χ2n) is 8.15. The first-order chi connectivity index (χ1) is 13.4. The predicted octanol–water partition coefficient (Wildman–Crippen LogP) is 5.27.